The van der Waals surface area contributed by atoms with Crippen LogP contribution in [0.4, 0.5) is 0 Å². The van der Waals surface area contributed by atoms with E-state index in [9.17, 15) is 0 Å². The summed E-state index contributed by atoms with van der Waals surface area (Å²) in [7, 11) is 0. The van der Waals surface area contributed by atoms with Gasteiger partial charge in [-0.3, -0.25) is 10.9 Å². The lowest BCUT2D eigenvalue weighted by molar-refractivity contribution is 0.281. The predicted octanol–water partition coefficient (Wildman–Crippen LogP) is 1.43. The zero-order chi connectivity index (χ0) is 7.52. The minimum absolute atomic E-state index is 0.787. The van der Waals surface area contributed by atoms with Gasteiger partial charge < -0.3 is 0 Å². The summed E-state index contributed by atoms with van der Waals surface area (Å²) in [5.74, 6) is 0.971. The molecule has 1 aliphatic heterocycles. The molecule has 2 aliphatic rings. The number of hydrogen-bond acceptors (Lipinski definition) is 2. The van der Waals surface area contributed by atoms with Crippen molar-refractivity contribution in [2.45, 2.75) is 44.6 Å². The third-order valence-corrected chi connectivity index (χ3v) is 3.09. The molecule has 0 aromatic rings. The van der Waals surface area contributed by atoms with E-state index in [2.05, 4.69) is 10.9 Å². The highest BCUT2D eigenvalue weighted by Gasteiger charge is 2.25. The maximum atomic E-state index is 3.38. The lowest BCUT2D eigenvalue weighted by Crippen LogP contribution is -2.36. The first-order chi connectivity index (χ1) is 5.47. The Bertz CT molecular complexity index is 113. The second-order valence-electron chi connectivity index (χ2n) is 3.86. The van der Waals surface area contributed by atoms with Crippen molar-refractivity contribution in [2.75, 3.05) is 6.54 Å². The average molecular weight is 154 g/mol. The van der Waals surface area contributed by atoms with E-state index in [4.69, 9.17) is 0 Å². The Morgan fingerprint density at radius 2 is 1.73 bits per heavy atom. The molecule has 64 valence electrons. The molecule has 1 aliphatic carbocycles. The number of nitrogens with one attached hydrogen (secondary N) is 2. The zero-order valence-corrected chi connectivity index (χ0v) is 7.10. The van der Waals surface area contributed by atoms with Crippen LogP contribution in [-0.4, -0.2) is 12.6 Å². The van der Waals surface area contributed by atoms with Gasteiger partial charge in [0.2, 0.25) is 0 Å². The average Bonchev–Trinajstić information content (AvgIpc) is 2.58. The molecule has 0 spiro atoms. The lowest BCUT2D eigenvalue weighted by atomic mass is 9.83. The molecular formula is C9H18N2. The van der Waals surface area contributed by atoms with E-state index in [-0.39, 0.29) is 0 Å². The van der Waals surface area contributed by atoms with E-state index >= 15 is 0 Å². The van der Waals surface area contributed by atoms with Crippen LogP contribution in [0, 0.1) is 5.92 Å². The van der Waals surface area contributed by atoms with Gasteiger partial charge in [0.15, 0.2) is 0 Å². The maximum absolute atomic E-state index is 3.38. The van der Waals surface area contributed by atoms with Gasteiger partial charge in [-0.25, -0.2) is 0 Å². The van der Waals surface area contributed by atoms with E-state index in [1.807, 2.05) is 0 Å². The highest BCUT2D eigenvalue weighted by Crippen LogP contribution is 2.28. The van der Waals surface area contributed by atoms with Crippen LogP contribution in [0.15, 0.2) is 0 Å². The Morgan fingerprint density at radius 3 is 2.36 bits per heavy atom. The van der Waals surface area contributed by atoms with Crippen molar-refractivity contribution in [3.05, 3.63) is 0 Å². The van der Waals surface area contributed by atoms with Gasteiger partial charge in [0, 0.05) is 12.6 Å². The van der Waals surface area contributed by atoms with Crippen LogP contribution in [0.3, 0.4) is 0 Å². The lowest BCUT2D eigenvalue weighted by Gasteiger charge is -2.26. The van der Waals surface area contributed by atoms with Gasteiger partial charge in [0.1, 0.15) is 0 Å². The van der Waals surface area contributed by atoms with E-state index in [1.165, 1.54) is 45.1 Å². The standard InChI is InChI=1S/C9H18N2/c1-2-4-8(5-3-1)9-6-7-10-11-9/h8-11H,1-7H2. The van der Waals surface area contributed by atoms with Gasteiger partial charge in [-0.05, 0) is 25.2 Å². The molecule has 2 nitrogen and oxygen atoms in total. The van der Waals surface area contributed by atoms with E-state index in [0.29, 0.717) is 0 Å². The highest BCUT2D eigenvalue weighted by molar-refractivity contribution is 4.81. The fraction of sp³-hybridized carbons (Fsp3) is 1.00. The van der Waals surface area contributed by atoms with Crippen molar-refractivity contribution in [3.63, 3.8) is 0 Å². The van der Waals surface area contributed by atoms with Crippen LogP contribution in [0.5, 0.6) is 0 Å². The summed E-state index contributed by atoms with van der Waals surface area (Å²) >= 11 is 0. The first kappa shape index (κ1) is 7.56. The van der Waals surface area contributed by atoms with Crippen LogP contribution in [0.1, 0.15) is 38.5 Å². The molecule has 1 unspecified atom stereocenters. The molecule has 2 fully saturated rings. The minimum Gasteiger partial charge on any atom is -0.258 e. The highest BCUT2D eigenvalue weighted by atomic mass is 15.4. The Morgan fingerprint density at radius 1 is 0.909 bits per heavy atom. The van der Waals surface area contributed by atoms with E-state index in [0.717, 1.165) is 12.0 Å². The summed E-state index contributed by atoms with van der Waals surface area (Å²) < 4.78 is 0. The summed E-state index contributed by atoms with van der Waals surface area (Å²) in [6.07, 6.45) is 8.64. The normalized spacial score (nSPS) is 34.4. The van der Waals surface area contributed by atoms with Gasteiger partial charge in [-0.15, -0.1) is 0 Å². The molecule has 0 bridgehead atoms. The van der Waals surface area contributed by atoms with Gasteiger partial charge in [0.25, 0.3) is 0 Å². The van der Waals surface area contributed by atoms with E-state index in [1.54, 1.807) is 0 Å². The molecular weight excluding hydrogens is 136 g/mol. The van der Waals surface area contributed by atoms with E-state index < -0.39 is 0 Å². The largest absolute Gasteiger partial charge is 0.258 e. The first-order valence-corrected chi connectivity index (χ1v) is 4.95. The van der Waals surface area contributed by atoms with Gasteiger partial charge in [-0.1, -0.05) is 19.3 Å². The summed E-state index contributed by atoms with van der Waals surface area (Å²) in [6, 6.07) is 0.787. The van der Waals surface area contributed by atoms with Crippen LogP contribution in [0.2, 0.25) is 0 Å². The van der Waals surface area contributed by atoms with Crippen molar-refractivity contribution in [2.24, 2.45) is 5.92 Å². The van der Waals surface area contributed by atoms with Crippen molar-refractivity contribution < 1.29 is 0 Å². The minimum atomic E-state index is 0.787. The summed E-state index contributed by atoms with van der Waals surface area (Å²) in [4.78, 5) is 0. The fourth-order valence-electron chi connectivity index (χ4n) is 2.39. The van der Waals surface area contributed by atoms with Gasteiger partial charge in [-0.2, -0.15) is 0 Å². The van der Waals surface area contributed by atoms with Crippen molar-refractivity contribution >= 4 is 0 Å². The number of rotatable bonds is 1. The molecule has 1 atom stereocenters. The van der Waals surface area contributed by atoms with Crippen LogP contribution in [0.25, 0.3) is 0 Å². The molecule has 11 heavy (non-hydrogen) atoms. The van der Waals surface area contributed by atoms with Crippen molar-refractivity contribution in [1.82, 2.24) is 10.9 Å². The topological polar surface area (TPSA) is 24.1 Å². The molecule has 1 saturated heterocycles. The van der Waals surface area contributed by atoms with Crippen molar-refractivity contribution in [1.29, 1.82) is 0 Å². The van der Waals surface area contributed by atoms with Gasteiger partial charge in [0.05, 0.1) is 0 Å². The molecule has 0 amide bonds. The molecule has 2 heteroatoms. The number of hydrazine groups is 1. The maximum Gasteiger partial charge on any atom is 0.0253 e. The van der Waals surface area contributed by atoms with Crippen LogP contribution in [-0.2, 0) is 0 Å². The third kappa shape index (κ3) is 1.74. The second kappa shape index (κ2) is 3.55. The third-order valence-electron chi connectivity index (χ3n) is 3.09. The first-order valence-electron chi connectivity index (χ1n) is 4.95. The van der Waals surface area contributed by atoms with Crippen LogP contribution >= 0.6 is 0 Å². The quantitative estimate of drug-likeness (QED) is 0.597. The molecule has 2 rings (SSSR count). The van der Waals surface area contributed by atoms with Gasteiger partial charge >= 0.3 is 0 Å². The Kier molecular flexibility index (Phi) is 2.44. The predicted molar refractivity (Wildman–Crippen MR) is 46.1 cm³/mol. The summed E-state index contributed by atoms with van der Waals surface area (Å²) in [6.45, 7) is 1.17. The fourth-order valence-corrected chi connectivity index (χ4v) is 2.39. The molecule has 0 radical (unpaired) electrons. The SMILES string of the molecule is C1CCC(C2CCNN2)CC1. The molecule has 0 aromatic carbocycles. The number of hydrogen-bond donors (Lipinski definition) is 2. The molecule has 1 saturated carbocycles. The molecule has 0 aromatic heterocycles. The van der Waals surface area contributed by atoms with Crippen LogP contribution < -0.4 is 10.9 Å². The molecule has 1 heterocycles. The Labute approximate surface area is 68.7 Å². The second-order valence-corrected chi connectivity index (χ2v) is 3.86. The monoisotopic (exact) mass is 154 g/mol. The smallest absolute Gasteiger partial charge is 0.0253 e. The molecule has 2 N–H and O–H groups in total. The zero-order valence-electron chi connectivity index (χ0n) is 7.10. The Hall–Kier alpha value is -0.0800. The summed E-state index contributed by atoms with van der Waals surface area (Å²) in [5, 5.41) is 0. The van der Waals surface area contributed by atoms with Crippen molar-refractivity contribution in [3.8, 4) is 0 Å². The Balaban J connectivity index is 1.82. The summed E-state index contributed by atoms with van der Waals surface area (Å²) in [5.41, 5.74) is 6.60.